The molecule has 3 N–H and O–H groups in total. The number of rotatable bonds is 6. The van der Waals surface area contributed by atoms with Crippen LogP contribution in [0.15, 0.2) is 76.9 Å². The minimum Gasteiger partial charge on any atom is -0.497 e. The maximum absolute atomic E-state index is 8.53. The van der Waals surface area contributed by atoms with Crippen LogP contribution in [0.1, 0.15) is 36.5 Å². The molecule has 0 fully saturated rings. The van der Waals surface area contributed by atoms with Crippen LogP contribution in [0, 0.1) is 17.7 Å². The van der Waals surface area contributed by atoms with Gasteiger partial charge < -0.3 is 24.6 Å². The summed E-state index contributed by atoms with van der Waals surface area (Å²) in [5, 5.41) is 22.9. The number of nitrogens with one attached hydrogen (secondary N) is 2. The summed E-state index contributed by atoms with van der Waals surface area (Å²) in [5.74, 6) is 1.26. The second kappa shape index (κ2) is 11.7. The first-order chi connectivity index (χ1) is 15.8. The topological polar surface area (TPSA) is 93.5 Å². The molecule has 34 heavy (non-hydrogen) atoms. The van der Waals surface area contributed by atoms with E-state index in [0.717, 1.165) is 18.7 Å². The van der Waals surface area contributed by atoms with E-state index in [1.54, 1.807) is 26.2 Å². The monoisotopic (exact) mass is 504 g/mol. The van der Waals surface area contributed by atoms with Gasteiger partial charge in [-0.25, -0.2) is 0 Å². The Labute approximate surface area is 211 Å². The van der Waals surface area contributed by atoms with Crippen molar-refractivity contribution in [3.8, 4) is 5.75 Å². The molecule has 1 aromatic heterocycles. The molecule has 0 amide bonds. The van der Waals surface area contributed by atoms with Gasteiger partial charge in [0.25, 0.3) is 0 Å². The number of aliphatic hydroxyl groups is 1. The van der Waals surface area contributed by atoms with Crippen molar-refractivity contribution in [3.05, 3.63) is 95.1 Å². The van der Waals surface area contributed by atoms with Crippen LogP contribution in [0.2, 0.25) is 0 Å². The average molecular weight is 504 g/mol. The summed E-state index contributed by atoms with van der Waals surface area (Å²) in [6.07, 6.45) is 4.22. The smallest absolute Gasteiger partial charge is 0.247 e. The van der Waals surface area contributed by atoms with Crippen LogP contribution < -0.4 is 9.64 Å². The Morgan fingerprint density at radius 2 is 1.85 bits per heavy atom. The fraction of sp³-hybridized carbons (Fsp3) is 0.259. The van der Waals surface area contributed by atoms with Gasteiger partial charge in [0, 0.05) is 46.3 Å². The summed E-state index contributed by atoms with van der Waals surface area (Å²) < 4.78 is 10.3. The molecule has 4 rings (SSSR count). The molecule has 0 spiro atoms. The standard InChI is InChI=1S/C21H24N2O.C6H7NO2.Co/c1-4-23-19-11-10-17(24-3)14-18(19)21(2,20(23)12-13-22)15-16-8-6-5-7-9-16;1-4-2-3-5(9-4)6(7)8;/h5-14,22H,4,15H2,1-3H3;2-3H,1H3,(H2,7,8);/b20-12-,22-13?;;. The maximum atomic E-state index is 8.53. The minimum atomic E-state index is -0.525. The number of ether oxygens (including phenoxy) is 1. The number of fused-ring (bicyclic) bond motifs is 1. The van der Waals surface area contributed by atoms with E-state index in [0.29, 0.717) is 5.76 Å². The Morgan fingerprint density at radius 3 is 2.35 bits per heavy atom. The van der Waals surface area contributed by atoms with Gasteiger partial charge in [-0.05, 0) is 74.7 Å². The van der Waals surface area contributed by atoms with Crippen LogP contribution in [0.5, 0.6) is 5.75 Å². The Bertz CT molecular complexity index is 1160. The zero-order chi connectivity index (χ0) is 24.0. The van der Waals surface area contributed by atoms with Crippen molar-refractivity contribution in [2.45, 2.75) is 32.6 Å². The fourth-order valence-corrected chi connectivity index (χ4v) is 4.33. The van der Waals surface area contributed by atoms with Gasteiger partial charge in [0.1, 0.15) is 11.5 Å². The van der Waals surface area contributed by atoms with Crippen LogP contribution in [0.4, 0.5) is 5.69 Å². The number of likely N-dealkylation sites (N-methyl/N-ethyl adjacent to an activating group) is 1. The Morgan fingerprint density at radius 1 is 1.15 bits per heavy atom. The molecule has 0 saturated heterocycles. The van der Waals surface area contributed by atoms with E-state index in [4.69, 9.17) is 25.1 Å². The number of allylic oxidation sites excluding steroid dienone is 2. The molecular formula is C27H31CoN3O3. The molecule has 2 heterocycles. The molecule has 2 aromatic carbocycles. The predicted octanol–water partition coefficient (Wildman–Crippen LogP) is 6.04. The van der Waals surface area contributed by atoms with E-state index < -0.39 is 5.90 Å². The van der Waals surface area contributed by atoms with Crippen LogP contribution in [-0.4, -0.2) is 30.9 Å². The Kier molecular flexibility index (Phi) is 9.29. The molecule has 181 valence electrons. The normalized spacial score (nSPS) is 17.3. The average Bonchev–Trinajstić information content (AvgIpc) is 3.35. The van der Waals surface area contributed by atoms with Gasteiger partial charge in [0.15, 0.2) is 5.76 Å². The first-order valence-electron chi connectivity index (χ1n) is 10.9. The predicted molar refractivity (Wildman–Crippen MR) is 133 cm³/mol. The van der Waals surface area contributed by atoms with Crippen LogP contribution in [-0.2, 0) is 28.6 Å². The second-order valence-electron chi connectivity index (χ2n) is 8.10. The van der Waals surface area contributed by atoms with Crippen molar-refractivity contribution in [3.63, 3.8) is 0 Å². The van der Waals surface area contributed by atoms with E-state index in [9.17, 15) is 0 Å². The molecule has 3 aromatic rings. The minimum absolute atomic E-state index is 0. The van der Waals surface area contributed by atoms with Gasteiger partial charge in [-0.3, -0.25) is 5.41 Å². The first-order valence-corrected chi connectivity index (χ1v) is 10.9. The molecule has 0 aliphatic carbocycles. The Hall–Kier alpha value is -3.29. The Balaban J connectivity index is 0.000000345. The summed E-state index contributed by atoms with van der Waals surface area (Å²) >= 11 is 0. The molecule has 1 aliphatic heterocycles. The van der Waals surface area contributed by atoms with Gasteiger partial charge in [-0.1, -0.05) is 30.3 Å². The van der Waals surface area contributed by atoms with Gasteiger partial charge in [-0.2, -0.15) is 0 Å². The van der Waals surface area contributed by atoms with Crippen LogP contribution in [0.3, 0.4) is 0 Å². The number of methoxy groups -OCH3 is 1. The van der Waals surface area contributed by atoms with Gasteiger partial charge in [0.2, 0.25) is 5.90 Å². The summed E-state index contributed by atoms with van der Waals surface area (Å²) in [6, 6.07) is 20.1. The van der Waals surface area contributed by atoms with Gasteiger partial charge in [0.05, 0.1) is 7.11 Å². The van der Waals surface area contributed by atoms with Crippen molar-refractivity contribution >= 4 is 17.8 Å². The number of aliphatic hydroxyl groups excluding tert-OH is 1. The first kappa shape index (κ1) is 27.0. The molecule has 7 heteroatoms. The number of nitrogens with zero attached hydrogens (tertiary/aromatic N) is 1. The third kappa shape index (κ3) is 5.60. The molecule has 0 bridgehead atoms. The molecule has 1 radical (unpaired) electrons. The largest absolute Gasteiger partial charge is 0.497 e. The fourth-order valence-electron chi connectivity index (χ4n) is 4.33. The molecule has 0 saturated carbocycles. The third-order valence-electron chi connectivity index (χ3n) is 5.88. The number of aryl methyl sites for hydroxylation is 1. The second-order valence-corrected chi connectivity index (χ2v) is 8.10. The van der Waals surface area contributed by atoms with Crippen molar-refractivity contribution in [2.75, 3.05) is 18.6 Å². The van der Waals surface area contributed by atoms with Crippen LogP contribution in [0.25, 0.3) is 0 Å². The summed E-state index contributed by atoms with van der Waals surface area (Å²) in [7, 11) is 1.71. The van der Waals surface area contributed by atoms with Crippen LogP contribution >= 0.6 is 0 Å². The zero-order valence-corrected chi connectivity index (χ0v) is 20.9. The SMILES string of the molecule is CCN1/C(=C\C=N)C(C)(Cc2ccccc2)c2cc(OC)ccc21.Cc1ccc(C(=N)O)o1.[Co]. The third-order valence-corrected chi connectivity index (χ3v) is 5.88. The summed E-state index contributed by atoms with van der Waals surface area (Å²) in [4.78, 5) is 2.31. The van der Waals surface area contributed by atoms with E-state index >= 15 is 0 Å². The molecule has 1 unspecified atom stereocenters. The van der Waals surface area contributed by atoms with E-state index in [2.05, 4.69) is 55.1 Å². The summed E-state index contributed by atoms with van der Waals surface area (Å²) in [5.41, 5.74) is 4.76. The summed E-state index contributed by atoms with van der Waals surface area (Å²) in [6.45, 7) is 7.05. The molecule has 1 aliphatic rings. The zero-order valence-electron chi connectivity index (χ0n) is 19.9. The molecular weight excluding hydrogens is 473 g/mol. The number of hydrogen-bond donors (Lipinski definition) is 3. The van der Waals surface area contributed by atoms with Crippen molar-refractivity contribution in [2.24, 2.45) is 0 Å². The van der Waals surface area contributed by atoms with Gasteiger partial charge in [-0.15, -0.1) is 0 Å². The number of benzene rings is 2. The van der Waals surface area contributed by atoms with Crippen molar-refractivity contribution in [1.82, 2.24) is 0 Å². The van der Waals surface area contributed by atoms with E-state index in [-0.39, 0.29) is 28.0 Å². The molecule has 1 atom stereocenters. The van der Waals surface area contributed by atoms with E-state index in [1.165, 1.54) is 28.7 Å². The molecule has 6 nitrogen and oxygen atoms in total. The van der Waals surface area contributed by atoms with E-state index in [1.807, 2.05) is 18.2 Å². The number of anilines is 1. The van der Waals surface area contributed by atoms with Crippen molar-refractivity contribution in [1.29, 1.82) is 10.8 Å². The number of furan rings is 1. The maximum Gasteiger partial charge on any atom is 0.247 e. The van der Waals surface area contributed by atoms with Crippen molar-refractivity contribution < 1.29 is 31.0 Å². The van der Waals surface area contributed by atoms with Gasteiger partial charge >= 0.3 is 0 Å². The quantitative estimate of drug-likeness (QED) is 0.282. The number of hydrogen-bond acceptors (Lipinski definition) is 5.